The third-order valence-electron chi connectivity index (χ3n) is 5.27. The number of allylic oxidation sites excluding steroid dienone is 1. The Morgan fingerprint density at radius 1 is 1.00 bits per heavy atom. The Balaban J connectivity index is 1.95. The molecule has 0 aliphatic rings. The minimum Gasteiger partial charge on any atom is -0.318 e. The zero-order valence-electron chi connectivity index (χ0n) is 17.3. The van der Waals surface area contributed by atoms with Crippen molar-refractivity contribution in [2.24, 2.45) is 0 Å². The van der Waals surface area contributed by atoms with Crippen LogP contribution in [0.2, 0.25) is 0 Å². The average molecular weight is 369 g/mol. The summed E-state index contributed by atoms with van der Waals surface area (Å²) in [6.45, 7) is 8.52. The molecule has 0 saturated heterocycles. The van der Waals surface area contributed by atoms with Crippen molar-refractivity contribution in [2.45, 2.75) is 47.0 Å². The molecule has 0 N–H and O–H groups in total. The second-order valence-corrected chi connectivity index (χ2v) is 7.47. The predicted molar refractivity (Wildman–Crippen MR) is 119 cm³/mol. The summed E-state index contributed by atoms with van der Waals surface area (Å²) in [5, 5.41) is 9.67. The van der Waals surface area contributed by atoms with Crippen molar-refractivity contribution >= 4 is 11.6 Å². The van der Waals surface area contributed by atoms with Crippen LogP contribution >= 0.6 is 0 Å². The summed E-state index contributed by atoms with van der Waals surface area (Å²) in [5.41, 5.74) is 8.81. The van der Waals surface area contributed by atoms with Crippen molar-refractivity contribution in [2.75, 3.05) is 0 Å². The van der Waals surface area contributed by atoms with Gasteiger partial charge in [-0.25, -0.2) is 0 Å². The fraction of sp³-hybridized carbons (Fsp3) is 0.269. The first-order valence-corrected chi connectivity index (χ1v) is 10.0. The molecule has 0 unspecified atom stereocenters. The van der Waals surface area contributed by atoms with Crippen molar-refractivity contribution in [3.63, 3.8) is 0 Å². The van der Waals surface area contributed by atoms with Gasteiger partial charge >= 0.3 is 0 Å². The molecule has 3 aromatic rings. The van der Waals surface area contributed by atoms with E-state index in [1.54, 1.807) is 0 Å². The number of benzene rings is 2. The third-order valence-corrected chi connectivity index (χ3v) is 5.27. The maximum Gasteiger partial charge on any atom is 0.0998 e. The van der Waals surface area contributed by atoms with Crippen LogP contribution in [0.3, 0.4) is 0 Å². The molecule has 0 fully saturated rings. The maximum atomic E-state index is 9.67. The first kappa shape index (κ1) is 19.7. The average Bonchev–Trinajstić information content (AvgIpc) is 2.99. The molecule has 0 amide bonds. The Kier molecular flexibility index (Phi) is 6.16. The van der Waals surface area contributed by atoms with Crippen LogP contribution in [-0.2, 0) is 6.42 Å². The standard InChI is InChI=1S/C26H28N2/c1-5-6-7-22-10-14-26(15-11-22)28-20(3)16-24(21(28)4)17-25(18-27)23-12-8-19(2)9-13-23/h8-17H,5-7H2,1-4H3/b25-17-. The number of hydrogen-bond donors (Lipinski definition) is 0. The molecular formula is C26H28N2. The summed E-state index contributed by atoms with van der Waals surface area (Å²) >= 11 is 0. The van der Waals surface area contributed by atoms with Gasteiger partial charge in [0.05, 0.1) is 11.6 Å². The van der Waals surface area contributed by atoms with Crippen LogP contribution in [0.1, 0.15) is 53.4 Å². The highest BCUT2D eigenvalue weighted by Gasteiger charge is 2.11. The van der Waals surface area contributed by atoms with Crippen molar-refractivity contribution in [1.82, 2.24) is 4.57 Å². The highest BCUT2D eigenvalue weighted by atomic mass is 15.0. The number of nitriles is 1. The van der Waals surface area contributed by atoms with E-state index in [9.17, 15) is 5.26 Å². The Labute approximate surface area is 168 Å². The van der Waals surface area contributed by atoms with Gasteiger partial charge in [0.15, 0.2) is 0 Å². The summed E-state index contributed by atoms with van der Waals surface area (Å²) in [6, 6.07) is 21.5. The summed E-state index contributed by atoms with van der Waals surface area (Å²) in [6.07, 6.45) is 5.58. The Morgan fingerprint density at radius 2 is 1.68 bits per heavy atom. The fourth-order valence-corrected chi connectivity index (χ4v) is 3.59. The summed E-state index contributed by atoms with van der Waals surface area (Å²) in [5.74, 6) is 0. The number of aryl methyl sites for hydroxylation is 3. The lowest BCUT2D eigenvalue weighted by Gasteiger charge is -2.11. The number of aromatic nitrogens is 1. The highest BCUT2D eigenvalue weighted by Crippen LogP contribution is 2.26. The number of rotatable bonds is 6. The second-order valence-electron chi connectivity index (χ2n) is 7.47. The molecule has 142 valence electrons. The lowest BCUT2D eigenvalue weighted by Crippen LogP contribution is -1.99. The van der Waals surface area contributed by atoms with Gasteiger partial charge in [-0.1, -0.05) is 55.3 Å². The van der Waals surface area contributed by atoms with Crippen molar-refractivity contribution in [1.29, 1.82) is 5.26 Å². The Hall–Kier alpha value is -3.05. The fourth-order valence-electron chi connectivity index (χ4n) is 3.59. The predicted octanol–water partition coefficient (Wildman–Crippen LogP) is 6.81. The Morgan fingerprint density at radius 3 is 2.29 bits per heavy atom. The van der Waals surface area contributed by atoms with Gasteiger partial charge in [0.2, 0.25) is 0 Å². The highest BCUT2D eigenvalue weighted by molar-refractivity contribution is 5.90. The van der Waals surface area contributed by atoms with Gasteiger partial charge in [0.1, 0.15) is 0 Å². The summed E-state index contributed by atoms with van der Waals surface area (Å²) in [4.78, 5) is 0. The van der Waals surface area contributed by atoms with Crippen molar-refractivity contribution in [3.05, 3.63) is 88.2 Å². The van der Waals surface area contributed by atoms with Crippen LogP contribution in [0.5, 0.6) is 0 Å². The van der Waals surface area contributed by atoms with E-state index in [1.165, 1.54) is 35.3 Å². The van der Waals surface area contributed by atoms with Crippen LogP contribution in [0.4, 0.5) is 0 Å². The molecule has 0 saturated carbocycles. The molecule has 1 heterocycles. The topological polar surface area (TPSA) is 28.7 Å². The van der Waals surface area contributed by atoms with E-state index in [1.807, 2.05) is 30.3 Å². The van der Waals surface area contributed by atoms with Crippen molar-refractivity contribution < 1.29 is 0 Å². The van der Waals surface area contributed by atoms with Crippen LogP contribution in [0.25, 0.3) is 17.3 Å². The van der Waals surface area contributed by atoms with Crippen LogP contribution in [0, 0.1) is 32.1 Å². The van der Waals surface area contributed by atoms with E-state index in [0.717, 1.165) is 23.2 Å². The lowest BCUT2D eigenvalue weighted by atomic mass is 10.0. The van der Waals surface area contributed by atoms with Gasteiger partial charge in [-0.05, 0) is 74.6 Å². The van der Waals surface area contributed by atoms with E-state index in [2.05, 4.69) is 68.7 Å². The van der Waals surface area contributed by atoms with Crippen LogP contribution in [-0.4, -0.2) is 4.57 Å². The smallest absolute Gasteiger partial charge is 0.0998 e. The van der Waals surface area contributed by atoms with E-state index in [0.29, 0.717) is 5.57 Å². The Bertz CT molecular complexity index is 1010. The molecular weight excluding hydrogens is 340 g/mol. The first-order valence-electron chi connectivity index (χ1n) is 10.0. The number of unbranched alkanes of at least 4 members (excludes halogenated alkanes) is 1. The second kappa shape index (κ2) is 8.76. The molecule has 2 aromatic carbocycles. The van der Waals surface area contributed by atoms with Crippen LogP contribution < -0.4 is 0 Å². The lowest BCUT2D eigenvalue weighted by molar-refractivity contribution is 0.794. The molecule has 3 rings (SSSR count). The monoisotopic (exact) mass is 368 g/mol. The summed E-state index contributed by atoms with van der Waals surface area (Å²) < 4.78 is 2.26. The molecule has 0 radical (unpaired) electrons. The molecule has 0 bridgehead atoms. The molecule has 1 aromatic heterocycles. The van der Waals surface area contributed by atoms with Crippen molar-refractivity contribution in [3.8, 4) is 11.8 Å². The van der Waals surface area contributed by atoms with Gasteiger partial charge in [0, 0.05) is 17.1 Å². The van der Waals surface area contributed by atoms with E-state index in [4.69, 9.17) is 0 Å². The van der Waals surface area contributed by atoms with E-state index in [-0.39, 0.29) is 0 Å². The van der Waals surface area contributed by atoms with Gasteiger partial charge < -0.3 is 4.57 Å². The van der Waals surface area contributed by atoms with E-state index >= 15 is 0 Å². The minimum atomic E-state index is 0.690. The SMILES string of the molecule is CCCCc1ccc(-n2c(C)cc(/C=C(/C#N)c3ccc(C)cc3)c2C)cc1. The zero-order valence-corrected chi connectivity index (χ0v) is 17.3. The number of hydrogen-bond acceptors (Lipinski definition) is 1. The number of nitrogens with zero attached hydrogens (tertiary/aromatic N) is 2. The normalized spacial score (nSPS) is 11.5. The van der Waals surface area contributed by atoms with Gasteiger partial charge in [-0.2, -0.15) is 5.26 Å². The minimum absolute atomic E-state index is 0.690. The van der Waals surface area contributed by atoms with Gasteiger partial charge in [0.25, 0.3) is 0 Å². The quantitative estimate of drug-likeness (QED) is 0.439. The molecule has 2 nitrogen and oxygen atoms in total. The van der Waals surface area contributed by atoms with Gasteiger partial charge in [-0.3, -0.25) is 0 Å². The largest absolute Gasteiger partial charge is 0.318 e. The summed E-state index contributed by atoms with van der Waals surface area (Å²) in [7, 11) is 0. The molecule has 0 aliphatic carbocycles. The van der Waals surface area contributed by atoms with Crippen LogP contribution in [0.15, 0.2) is 54.6 Å². The molecule has 28 heavy (non-hydrogen) atoms. The molecule has 0 aliphatic heterocycles. The zero-order chi connectivity index (χ0) is 20.1. The molecule has 0 atom stereocenters. The third kappa shape index (κ3) is 4.26. The molecule has 0 spiro atoms. The maximum absolute atomic E-state index is 9.67. The molecule has 2 heteroatoms. The first-order chi connectivity index (χ1) is 13.5. The van der Waals surface area contributed by atoms with E-state index < -0.39 is 0 Å². The van der Waals surface area contributed by atoms with Gasteiger partial charge in [-0.15, -0.1) is 0 Å².